The lowest BCUT2D eigenvalue weighted by atomic mass is 9.49. The molecule has 162 valence electrons. The van der Waals surface area contributed by atoms with E-state index < -0.39 is 0 Å². The molecular weight excluding hydrogens is 368 g/mol. The Morgan fingerprint density at radius 1 is 1.17 bits per heavy atom. The molecule has 3 fully saturated rings. The van der Waals surface area contributed by atoms with Crippen LogP contribution in [0.5, 0.6) is 0 Å². The number of aryl methyl sites for hydroxylation is 1. The minimum atomic E-state index is 0.275. The van der Waals surface area contributed by atoms with Gasteiger partial charge in [-0.05, 0) is 86.3 Å². The van der Waals surface area contributed by atoms with Crippen molar-refractivity contribution in [1.29, 1.82) is 0 Å². The number of nitrogens with zero attached hydrogens (tertiary/aromatic N) is 1. The first kappa shape index (κ1) is 20.3. The Labute approximate surface area is 182 Å². The third-order valence-electron chi connectivity index (χ3n) is 9.13. The number of nitrogens with one attached hydrogen (secondary N) is 1. The predicted octanol–water partition coefficient (Wildman–Crippen LogP) is 4.83. The fraction of sp³-hybridized carbons (Fsp3) is 0.667. The maximum absolute atomic E-state index is 12.7. The molecule has 3 heteroatoms. The Balaban J connectivity index is 1.03. The average Bonchev–Trinajstić information content (AvgIpc) is 3.47. The highest BCUT2D eigenvalue weighted by molar-refractivity contribution is 5.82. The van der Waals surface area contributed by atoms with Crippen molar-refractivity contribution in [2.24, 2.45) is 28.6 Å². The standard InChI is InChI=1S/C27H38N2O/c1-26(2)22-11-10-21(23(26)17-22)19-29-15-12-27(13-16-29)18-24(27)25(30)28-14-6-9-20-7-4-3-5-8-20/h3-5,7-8,10,22-24H,6,9,11-19H2,1-2H3,(H,28,30)/t22-,23-,24?/m0/s1. The average molecular weight is 407 g/mol. The number of carbonyl (C=O) groups excluding carboxylic acids is 1. The van der Waals surface area contributed by atoms with Crippen LogP contribution in [0, 0.1) is 28.6 Å². The van der Waals surface area contributed by atoms with Crippen LogP contribution in [0.4, 0.5) is 0 Å². The van der Waals surface area contributed by atoms with Gasteiger partial charge in [0, 0.05) is 19.0 Å². The number of fused-ring (bicyclic) bond motifs is 1. The van der Waals surface area contributed by atoms with Crippen LogP contribution in [0.15, 0.2) is 42.0 Å². The first-order chi connectivity index (χ1) is 14.5. The Hall–Kier alpha value is -1.61. The van der Waals surface area contributed by atoms with Gasteiger partial charge in [-0.2, -0.15) is 0 Å². The van der Waals surface area contributed by atoms with Crippen molar-refractivity contribution in [2.45, 2.75) is 58.8 Å². The fourth-order valence-electron chi connectivity index (χ4n) is 6.61. The van der Waals surface area contributed by atoms with Gasteiger partial charge < -0.3 is 5.32 Å². The topological polar surface area (TPSA) is 32.3 Å². The smallest absolute Gasteiger partial charge is 0.223 e. The lowest BCUT2D eigenvalue weighted by Crippen LogP contribution is -2.50. The predicted molar refractivity (Wildman–Crippen MR) is 122 cm³/mol. The van der Waals surface area contributed by atoms with Crippen molar-refractivity contribution >= 4 is 5.91 Å². The summed E-state index contributed by atoms with van der Waals surface area (Å²) in [5.74, 6) is 2.34. The molecule has 1 heterocycles. The third-order valence-corrected chi connectivity index (χ3v) is 9.13. The Morgan fingerprint density at radius 2 is 1.93 bits per heavy atom. The van der Waals surface area contributed by atoms with E-state index in [1.54, 1.807) is 5.57 Å². The maximum atomic E-state index is 12.7. The first-order valence-electron chi connectivity index (χ1n) is 12.2. The van der Waals surface area contributed by atoms with Gasteiger partial charge in [-0.15, -0.1) is 0 Å². The molecule has 2 bridgehead atoms. The van der Waals surface area contributed by atoms with Crippen LogP contribution in [0.1, 0.15) is 57.9 Å². The number of carbonyl (C=O) groups is 1. The Bertz CT molecular complexity index is 803. The molecule has 30 heavy (non-hydrogen) atoms. The van der Waals surface area contributed by atoms with Gasteiger partial charge in [0.2, 0.25) is 5.91 Å². The van der Waals surface area contributed by atoms with E-state index in [0.29, 0.717) is 16.7 Å². The van der Waals surface area contributed by atoms with Gasteiger partial charge in [0.15, 0.2) is 0 Å². The number of piperidine rings is 1. The summed E-state index contributed by atoms with van der Waals surface area (Å²) in [4.78, 5) is 15.3. The highest BCUT2D eigenvalue weighted by Crippen LogP contribution is 2.61. The Morgan fingerprint density at radius 3 is 2.63 bits per heavy atom. The van der Waals surface area contributed by atoms with E-state index in [1.807, 2.05) is 0 Å². The van der Waals surface area contributed by atoms with Gasteiger partial charge in [-0.3, -0.25) is 9.69 Å². The molecule has 3 nitrogen and oxygen atoms in total. The maximum Gasteiger partial charge on any atom is 0.223 e. The van der Waals surface area contributed by atoms with E-state index in [4.69, 9.17) is 0 Å². The highest BCUT2D eigenvalue weighted by atomic mass is 16.2. The molecule has 1 spiro atoms. The molecule has 6 rings (SSSR count). The number of amides is 1. The third kappa shape index (κ3) is 3.75. The number of hydrogen-bond acceptors (Lipinski definition) is 2. The molecule has 1 aromatic carbocycles. The van der Waals surface area contributed by atoms with E-state index >= 15 is 0 Å². The second kappa shape index (κ2) is 7.82. The molecule has 4 aliphatic carbocycles. The molecule has 1 N–H and O–H groups in total. The first-order valence-corrected chi connectivity index (χ1v) is 12.2. The number of rotatable bonds is 7. The summed E-state index contributed by atoms with van der Waals surface area (Å²) in [5.41, 5.74) is 3.92. The van der Waals surface area contributed by atoms with Crippen LogP contribution in [0.25, 0.3) is 0 Å². The lowest BCUT2D eigenvalue weighted by molar-refractivity contribution is -0.123. The SMILES string of the molecule is CC1(C)[C@H]2CC=C(CN3CCC4(CC3)CC4C(=O)NCCCc3ccccc3)[C@@H]1C2. The van der Waals surface area contributed by atoms with Crippen LogP contribution in [-0.4, -0.2) is 37.0 Å². The van der Waals surface area contributed by atoms with Crippen molar-refractivity contribution in [2.75, 3.05) is 26.2 Å². The molecule has 1 aromatic rings. The van der Waals surface area contributed by atoms with E-state index in [2.05, 4.69) is 60.5 Å². The van der Waals surface area contributed by atoms with Crippen LogP contribution in [0.2, 0.25) is 0 Å². The fourth-order valence-corrected chi connectivity index (χ4v) is 6.61. The normalized spacial score (nSPS) is 31.0. The molecule has 1 amide bonds. The molecule has 0 radical (unpaired) electrons. The molecule has 0 aromatic heterocycles. The van der Waals surface area contributed by atoms with Crippen molar-refractivity contribution in [3.05, 3.63) is 47.5 Å². The zero-order valence-electron chi connectivity index (χ0n) is 18.8. The monoisotopic (exact) mass is 406 g/mol. The van der Waals surface area contributed by atoms with Crippen molar-refractivity contribution in [3.8, 4) is 0 Å². The van der Waals surface area contributed by atoms with Crippen LogP contribution >= 0.6 is 0 Å². The van der Waals surface area contributed by atoms with Gasteiger partial charge in [0.1, 0.15) is 0 Å². The number of allylic oxidation sites excluding steroid dienone is 1. The molecule has 5 aliphatic rings. The quantitative estimate of drug-likeness (QED) is 0.520. The Kier molecular flexibility index (Phi) is 5.29. The zero-order chi connectivity index (χ0) is 20.8. The molecule has 2 saturated carbocycles. The summed E-state index contributed by atoms with van der Waals surface area (Å²) in [6.07, 6.45) is 10.9. The van der Waals surface area contributed by atoms with Gasteiger partial charge in [0.25, 0.3) is 0 Å². The number of hydrogen-bond donors (Lipinski definition) is 1. The second-order valence-electron chi connectivity index (χ2n) is 11.1. The molecule has 1 aliphatic heterocycles. The van der Waals surface area contributed by atoms with Gasteiger partial charge >= 0.3 is 0 Å². The summed E-state index contributed by atoms with van der Waals surface area (Å²) < 4.78 is 0. The van der Waals surface area contributed by atoms with Gasteiger partial charge in [0.05, 0.1) is 0 Å². The molecule has 1 unspecified atom stereocenters. The lowest BCUT2D eigenvalue weighted by Gasteiger charge is -2.57. The second-order valence-corrected chi connectivity index (χ2v) is 11.1. The molecular formula is C27H38N2O. The highest BCUT2D eigenvalue weighted by Gasteiger charge is 2.58. The minimum absolute atomic E-state index is 0.275. The minimum Gasteiger partial charge on any atom is -0.356 e. The van der Waals surface area contributed by atoms with Crippen LogP contribution < -0.4 is 5.32 Å². The summed E-state index contributed by atoms with van der Waals surface area (Å²) >= 11 is 0. The summed E-state index contributed by atoms with van der Waals surface area (Å²) in [6, 6.07) is 10.6. The van der Waals surface area contributed by atoms with E-state index in [-0.39, 0.29) is 5.92 Å². The largest absolute Gasteiger partial charge is 0.356 e. The van der Waals surface area contributed by atoms with Gasteiger partial charge in [-0.25, -0.2) is 0 Å². The van der Waals surface area contributed by atoms with Crippen molar-refractivity contribution < 1.29 is 4.79 Å². The number of likely N-dealkylation sites (tertiary alicyclic amines) is 1. The van der Waals surface area contributed by atoms with Crippen LogP contribution in [0.3, 0.4) is 0 Å². The van der Waals surface area contributed by atoms with E-state index in [0.717, 1.165) is 37.6 Å². The molecule has 3 atom stereocenters. The number of benzene rings is 1. The summed E-state index contributed by atoms with van der Waals surface area (Å²) in [7, 11) is 0. The van der Waals surface area contributed by atoms with Crippen molar-refractivity contribution in [3.63, 3.8) is 0 Å². The van der Waals surface area contributed by atoms with Crippen LogP contribution in [-0.2, 0) is 11.2 Å². The van der Waals surface area contributed by atoms with Crippen molar-refractivity contribution in [1.82, 2.24) is 10.2 Å². The van der Waals surface area contributed by atoms with Gasteiger partial charge in [-0.1, -0.05) is 55.8 Å². The molecule has 1 saturated heterocycles. The summed E-state index contributed by atoms with van der Waals surface area (Å²) in [6.45, 7) is 9.26. The van der Waals surface area contributed by atoms with E-state index in [9.17, 15) is 4.79 Å². The summed E-state index contributed by atoms with van der Waals surface area (Å²) in [5, 5.41) is 3.22. The van der Waals surface area contributed by atoms with E-state index in [1.165, 1.54) is 50.9 Å². The zero-order valence-corrected chi connectivity index (χ0v) is 18.8.